The third-order valence-corrected chi connectivity index (χ3v) is 3.18. The van der Waals surface area contributed by atoms with E-state index >= 15 is 0 Å². The van der Waals surface area contributed by atoms with E-state index in [1.54, 1.807) is 0 Å². The Morgan fingerprint density at radius 3 is 2.42 bits per heavy atom. The molecule has 0 aliphatic carbocycles. The smallest absolute Gasteiger partial charge is 0.301 e. The van der Waals surface area contributed by atoms with Crippen LogP contribution in [0, 0.1) is 11.8 Å². The van der Waals surface area contributed by atoms with Crippen molar-refractivity contribution < 1.29 is 13.5 Å². The summed E-state index contributed by atoms with van der Waals surface area (Å²) < 4.78 is 30.2. The van der Waals surface area contributed by atoms with E-state index in [9.17, 15) is 8.78 Å². The Kier molecular flexibility index (Phi) is 3.92. The Morgan fingerprint density at radius 1 is 1.33 bits per heavy atom. The maximum absolute atomic E-state index is 12.5. The molecule has 0 unspecified atom stereocenters. The highest BCUT2D eigenvalue weighted by Crippen LogP contribution is 2.36. The van der Waals surface area contributed by atoms with Gasteiger partial charge in [-0.2, -0.15) is 8.78 Å². The van der Waals surface area contributed by atoms with Crippen LogP contribution < -0.4 is 0 Å². The van der Waals surface area contributed by atoms with Gasteiger partial charge in [0.15, 0.2) is 0 Å². The van der Waals surface area contributed by atoms with Gasteiger partial charge in [-0.3, -0.25) is 0 Å². The van der Waals surface area contributed by atoms with Crippen molar-refractivity contribution in [1.29, 1.82) is 0 Å². The van der Waals surface area contributed by atoms with Crippen LogP contribution in [0.5, 0.6) is 0 Å². The predicted octanol–water partition coefficient (Wildman–Crippen LogP) is 3.02. The SMILES string of the molecule is FC(F)(Br)C[C@@H]1COC[C@@H]1CBr. The summed E-state index contributed by atoms with van der Waals surface area (Å²) in [4.78, 5) is -2.74. The lowest BCUT2D eigenvalue weighted by Crippen LogP contribution is -2.20. The van der Waals surface area contributed by atoms with Gasteiger partial charge in [0, 0.05) is 11.8 Å². The first-order chi connectivity index (χ1) is 5.53. The van der Waals surface area contributed by atoms with Gasteiger partial charge >= 0.3 is 4.83 Å². The first kappa shape index (κ1) is 10.9. The molecule has 0 aromatic carbocycles. The molecule has 0 radical (unpaired) electrons. The normalized spacial score (nSPS) is 31.0. The molecule has 0 amide bonds. The molecule has 1 aliphatic heterocycles. The number of hydrogen-bond acceptors (Lipinski definition) is 1. The van der Waals surface area contributed by atoms with Gasteiger partial charge in [-0.1, -0.05) is 15.9 Å². The van der Waals surface area contributed by atoms with E-state index in [1.807, 2.05) is 0 Å². The lowest BCUT2D eigenvalue weighted by atomic mass is 9.95. The highest BCUT2D eigenvalue weighted by molar-refractivity contribution is 9.10. The van der Waals surface area contributed by atoms with Crippen LogP contribution in [-0.4, -0.2) is 23.4 Å². The fourth-order valence-corrected chi connectivity index (χ4v) is 2.47. The summed E-state index contributed by atoms with van der Waals surface area (Å²) in [5, 5.41) is 0.737. The minimum Gasteiger partial charge on any atom is -0.381 e. The van der Waals surface area contributed by atoms with Gasteiger partial charge in [-0.25, -0.2) is 0 Å². The van der Waals surface area contributed by atoms with Gasteiger partial charge in [0.2, 0.25) is 0 Å². The molecule has 1 rings (SSSR count). The molecule has 1 heterocycles. The molecule has 2 atom stereocenters. The van der Waals surface area contributed by atoms with Crippen molar-refractivity contribution >= 4 is 31.9 Å². The summed E-state index contributed by atoms with van der Waals surface area (Å²) in [6.45, 7) is 1.05. The molecule has 1 nitrogen and oxygen atoms in total. The average molecular weight is 308 g/mol. The Hall–Kier alpha value is 0.780. The van der Waals surface area contributed by atoms with Crippen molar-refractivity contribution in [2.75, 3.05) is 18.5 Å². The Balaban J connectivity index is 2.41. The van der Waals surface area contributed by atoms with E-state index in [1.165, 1.54) is 0 Å². The molecule has 1 fully saturated rings. The maximum atomic E-state index is 12.5. The molecule has 12 heavy (non-hydrogen) atoms. The lowest BCUT2D eigenvalue weighted by Gasteiger charge is -2.17. The molecule has 1 aliphatic rings. The van der Waals surface area contributed by atoms with Crippen molar-refractivity contribution in [1.82, 2.24) is 0 Å². The molecule has 0 N–H and O–H groups in total. The summed E-state index contributed by atoms with van der Waals surface area (Å²) in [6.07, 6.45) is -0.136. The summed E-state index contributed by atoms with van der Waals surface area (Å²) >= 11 is 5.62. The van der Waals surface area contributed by atoms with Crippen LogP contribution in [0.25, 0.3) is 0 Å². The van der Waals surface area contributed by atoms with E-state index in [2.05, 4.69) is 31.9 Å². The lowest BCUT2D eigenvalue weighted by molar-refractivity contribution is 0.0741. The summed E-state index contributed by atoms with van der Waals surface area (Å²) in [6, 6.07) is 0. The summed E-state index contributed by atoms with van der Waals surface area (Å²) in [7, 11) is 0. The van der Waals surface area contributed by atoms with Crippen LogP contribution in [0.1, 0.15) is 6.42 Å². The second kappa shape index (κ2) is 4.33. The topological polar surface area (TPSA) is 9.23 Å². The van der Waals surface area contributed by atoms with Gasteiger partial charge < -0.3 is 4.74 Å². The van der Waals surface area contributed by atoms with Gasteiger partial charge in [0.1, 0.15) is 0 Å². The monoisotopic (exact) mass is 306 g/mol. The van der Waals surface area contributed by atoms with Crippen molar-refractivity contribution in [3.05, 3.63) is 0 Å². The molecular formula is C7H10Br2F2O. The highest BCUT2D eigenvalue weighted by atomic mass is 79.9. The Morgan fingerprint density at radius 2 is 1.92 bits per heavy atom. The van der Waals surface area contributed by atoms with Crippen LogP contribution in [0.3, 0.4) is 0 Å². The fraction of sp³-hybridized carbons (Fsp3) is 1.00. The predicted molar refractivity (Wildman–Crippen MR) is 50.1 cm³/mol. The minimum absolute atomic E-state index is 0.0289. The average Bonchev–Trinajstić information content (AvgIpc) is 2.31. The zero-order chi connectivity index (χ0) is 9.19. The van der Waals surface area contributed by atoms with Crippen molar-refractivity contribution in [3.8, 4) is 0 Å². The number of rotatable bonds is 3. The maximum Gasteiger partial charge on any atom is 0.301 e. The minimum atomic E-state index is -2.74. The molecule has 0 aromatic heterocycles. The number of alkyl halides is 4. The zero-order valence-corrected chi connectivity index (χ0v) is 9.58. The molecule has 1 saturated heterocycles. The van der Waals surface area contributed by atoms with E-state index in [0.29, 0.717) is 13.2 Å². The second-order valence-electron chi connectivity index (χ2n) is 3.03. The van der Waals surface area contributed by atoms with E-state index in [4.69, 9.17) is 4.74 Å². The van der Waals surface area contributed by atoms with Crippen LogP contribution in [0.15, 0.2) is 0 Å². The molecule has 0 spiro atoms. The molecule has 0 bridgehead atoms. The standard InChI is InChI=1S/C7H10Br2F2O/c8-2-6-4-12-3-5(6)1-7(9,10)11/h5-6H,1-4H2/t5-,6+/m1/s1. The van der Waals surface area contributed by atoms with E-state index < -0.39 is 4.83 Å². The van der Waals surface area contributed by atoms with Crippen molar-refractivity contribution in [2.45, 2.75) is 11.3 Å². The van der Waals surface area contributed by atoms with Gasteiger partial charge in [-0.15, -0.1) is 0 Å². The molecule has 0 aromatic rings. The first-order valence-electron chi connectivity index (χ1n) is 3.73. The highest BCUT2D eigenvalue weighted by Gasteiger charge is 2.36. The first-order valence-corrected chi connectivity index (χ1v) is 5.65. The largest absolute Gasteiger partial charge is 0.381 e. The Bertz CT molecular complexity index is 149. The number of hydrogen-bond donors (Lipinski definition) is 0. The number of ether oxygens (including phenoxy) is 1. The number of halogens is 4. The molecule has 0 saturated carbocycles. The van der Waals surface area contributed by atoms with Gasteiger partial charge in [0.25, 0.3) is 0 Å². The quantitative estimate of drug-likeness (QED) is 0.728. The van der Waals surface area contributed by atoms with Crippen molar-refractivity contribution in [3.63, 3.8) is 0 Å². The van der Waals surface area contributed by atoms with Crippen LogP contribution in [0.2, 0.25) is 0 Å². The van der Waals surface area contributed by atoms with Gasteiger partial charge in [0.05, 0.1) is 13.2 Å². The zero-order valence-electron chi connectivity index (χ0n) is 6.40. The van der Waals surface area contributed by atoms with Crippen LogP contribution in [-0.2, 0) is 4.74 Å². The van der Waals surface area contributed by atoms with Gasteiger partial charge in [-0.05, 0) is 27.8 Å². The third kappa shape index (κ3) is 3.26. The fourth-order valence-electron chi connectivity index (χ4n) is 1.34. The van der Waals surface area contributed by atoms with Crippen molar-refractivity contribution in [2.24, 2.45) is 11.8 Å². The van der Waals surface area contributed by atoms with Crippen LogP contribution in [0.4, 0.5) is 8.78 Å². The van der Waals surface area contributed by atoms with E-state index in [-0.39, 0.29) is 18.3 Å². The Labute approximate surface area is 87.1 Å². The second-order valence-corrected chi connectivity index (χ2v) is 4.84. The summed E-state index contributed by atoms with van der Waals surface area (Å²) in [5.74, 6) is 0.201. The van der Waals surface area contributed by atoms with E-state index in [0.717, 1.165) is 5.33 Å². The molecular weight excluding hydrogens is 298 g/mol. The van der Waals surface area contributed by atoms with Crippen LogP contribution >= 0.6 is 31.9 Å². The summed E-state index contributed by atoms with van der Waals surface area (Å²) in [5.41, 5.74) is 0. The third-order valence-electron chi connectivity index (χ3n) is 2.02. The molecule has 5 heteroatoms. The molecule has 72 valence electrons.